The number of amides is 2. The van der Waals surface area contributed by atoms with Crippen LogP contribution in [-0.2, 0) is 19.9 Å². The number of rotatable bonds is 4. The molecule has 3 rings (SSSR count). The number of nitrogens with zero attached hydrogens (tertiary/aromatic N) is 2. The monoisotopic (exact) mass is 316 g/mol. The summed E-state index contributed by atoms with van der Waals surface area (Å²) in [6, 6.07) is 6.26. The van der Waals surface area contributed by atoms with Gasteiger partial charge in [-0.05, 0) is 43.4 Å². The van der Waals surface area contributed by atoms with E-state index in [1.54, 1.807) is 6.07 Å². The zero-order chi connectivity index (χ0) is 16.2. The van der Waals surface area contributed by atoms with E-state index in [4.69, 9.17) is 0 Å². The molecule has 0 fully saturated rings. The number of fused-ring (bicyclic) bond motifs is 1. The number of carbonyl (C=O) groups excluding carboxylic acids is 1. The first kappa shape index (κ1) is 15.5. The van der Waals surface area contributed by atoms with Gasteiger partial charge in [-0.3, -0.25) is 4.68 Å². The van der Waals surface area contributed by atoms with E-state index in [1.807, 2.05) is 24.0 Å². The number of aromatic nitrogens is 2. The lowest BCUT2D eigenvalue weighted by Gasteiger charge is -2.24. The average molecular weight is 316 g/mol. The molecule has 0 unspecified atom stereocenters. The van der Waals surface area contributed by atoms with E-state index in [9.17, 15) is 9.18 Å². The van der Waals surface area contributed by atoms with Crippen molar-refractivity contribution in [1.82, 2.24) is 20.4 Å². The molecule has 1 heterocycles. The highest BCUT2D eigenvalue weighted by Crippen LogP contribution is 2.28. The Kier molecular flexibility index (Phi) is 4.60. The fraction of sp³-hybridized carbons (Fsp3) is 0.412. The summed E-state index contributed by atoms with van der Waals surface area (Å²) < 4.78 is 15.0. The Bertz CT molecular complexity index is 698. The molecule has 122 valence electrons. The summed E-state index contributed by atoms with van der Waals surface area (Å²) in [5.41, 5.74) is 3.18. The summed E-state index contributed by atoms with van der Waals surface area (Å²) in [7, 11) is 1.93. The van der Waals surface area contributed by atoms with Gasteiger partial charge in [0.25, 0.3) is 0 Å². The fourth-order valence-corrected chi connectivity index (χ4v) is 3.08. The van der Waals surface area contributed by atoms with E-state index in [1.165, 1.54) is 17.8 Å². The highest BCUT2D eigenvalue weighted by Gasteiger charge is 2.24. The van der Waals surface area contributed by atoms with Crippen molar-refractivity contribution in [2.45, 2.75) is 31.7 Å². The first-order valence-electron chi connectivity index (χ1n) is 7.93. The average Bonchev–Trinajstić information content (AvgIpc) is 2.90. The van der Waals surface area contributed by atoms with E-state index in [2.05, 4.69) is 15.7 Å². The van der Waals surface area contributed by atoms with Crippen LogP contribution in [0.3, 0.4) is 0 Å². The van der Waals surface area contributed by atoms with E-state index in [0.29, 0.717) is 13.0 Å². The second kappa shape index (κ2) is 6.81. The predicted molar refractivity (Wildman–Crippen MR) is 85.5 cm³/mol. The number of nitrogens with one attached hydrogen (secondary N) is 2. The molecule has 23 heavy (non-hydrogen) atoms. The third-order valence-electron chi connectivity index (χ3n) is 4.27. The van der Waals surface area contributed by atoms with E-state index in [-0.39, 0.29) is 17.9 Å². The lowest BCUT2D eigenvalue weighted by molar-refractivity contribution is 0.235. The molecule has 2 N–H and O–H groups in total. The van der Waals surface area contributed by atoms with Crippen molar-refractivity contribution in [2.75, 3.05) is 6.54 Å². The zero-order valence-corrected chi connectivity index (χ0v) is 13.2. The Labute approximate surface area is 134 Å². The Balaban J connectivity index is 1.50. The van der Waals surface area contributed by atoms with Gasteiger partial charge in [-0.2, -0.15) is 5.10 Å². The summed E-state index contributed by atoms with van der Waals surface area (Å²) in [6.45, 7) is 0.474. The first-order valence-corrected chi connectivity index (χ1v) is 7.93. The molecule has 1 aliphatic carbocycles. The van der Waals surface area contributed by atoms with Crippen LogP contribution in [0.15, 0.2) is 30.5 Å². The molecular weight excluding hydrogens is 295 g/mol. The van der Waals surface area contributed by atoms with Crippen LogP contribution in [0.4, 0.5) is 9.18 Å². The molecule has 5 nitrogen and oxygen atoms in total. The summed E-state index contributed by atoms with van der Waals surface area (Å²) in [5, 5.41) is 10.1. The molecular formula is C17H21FN4O. The topological polar surface area (TPSA) is 59.0 Å². The molecule has 2 amide bonds. The van der Waals surface area contributed by atoms with Gasteiger partial charge in [-0.15, -0.1) is 0 Å². The first-order chi connectivity index (χ1) is 11.1. The molecule has 0 aliphatic heterocycles. The maximum atomic E-state index is 13.1. The maximum Gasteiger partial charge on any atom is 0.315 e. The molecule has 0 radical (unpaired) electrons. The summed E-state index contributed by atoms with van der Waals surface area (Å²) in [6.07, 6.45) is 5.42. The second-order valence-corrected chi connectivity index (χ2v) is 5.90. The molecule has 1 aliphatic rings. The summed E-state index contributed by atoms with van der Waals surface area (Å²) in [4.78, 5) is 12.1. The van der Waals surface area contributed by atoms with Crippen molar-refractivity contribution in [3.63, 3.8) is 0 Å². The maximum absolute atomic E-state index is 13.1. The van der Waals surface area contributed by atoms with Crippen LogP contribution in [-0.4, -0.2) is 22.4 Å². The van der Waals surface area contributed by atoms with Crippen LogP contribution in [0.2, 0.25) is 0 Å². The van der Waals surface area contributed by atoms with Gasteiger partial charge in [-0.25, -0.2) is 9.18 Å². The summed E-state index contributed by atoms with van der Waals surface area (Å²) >= 11 is 0. The number of aryl methyl sites for hydroxylation is 1. The van der Waals surface area contributed by atoms with Gasteiger partial charge in [0.05, 0.1) is 12.2 Å². The molecule has 0 saturated heterocycles. The molecule has 1 aromatic carbocycles. The van der Waals surface area contributed by atoms with E-state index >= 15 is 0 Å². The minimum absolute atomic E-state index is 0.0154. The van der Waals surface area contributed by atoms with Crippen LogP contribution in [0.25, 0.3) is 0 Å². The van der Waals surface area contributed by atoms with Crippen molar-refractivity contribution in [1.29, 1.82) is 0 Å². The van der Waals surface area contributed by atoms with E-state index < -0.39 is 0 Å². The van der Waals surface area contributed by atoms with Crippen molar-refractivity contribution in [3.8, 4) is 0 Å². The van der Waals surface area contributed by atoms with Gasteiger partial charge in [0.2, 0.25) is 0 Å². The van der Waals surface area contributed by atoms with Crippen molar-refractivity contribution in [3.05, 3.63) is 53.1 Å². The van der Waals surface area contributed by atoms with E-state index in [0.717, 1.165) is 30.4 Å². The Morgan fingerprint density at radius 1 is 1.48 bits per heavy atom. The molecule has 1 atom stereocenters. The molecule has 0 spiro atoms. The SMILES string of the molecule is Cn1ncc2c1CCC[C@@H]2NC(=O)NCCc1cccc(F)c1. The quantitative estimate of drug-likeness (QED) is 0.910. The number of carbonyl (C=O) groups is 1. The van der Waals surface area contributed by atoms with Crippen molar-refractivity contribution >= 4 is 6.03 Å². The van der Waals surface area contributed by atoms with Crippen molar-refractivity contribution < 1.29 is 9.18 Å². The molecule has 1 aromatic heterocycles. The predicted octanol–water partition coefficient (Wildman–Crippen LogP) is 2.48. The van der Waals surface area contributed by atoms with Crippen molar-refractivity contribution in [2.24, 2.45) is 7.05 Å². The molecule has 6 heteroatoms. The lowest BCUT2D eigenvalue weighted by Crippen LogP contribution is -2.39. The third kappa shape index (κ3) is 3.70. The smallest absolute Gasteiger partial charge is 0.315 e. The molecule has 0 saturated carbocycles. The highest BCUT2D eigenvalue weighted by molar-refractivity contribution is 5.74. The van der Waals surface area contributed by atoms with Gasteiger partial charge in [-0.1, -0.05) is 12.1 Å². The number of urea groups is 1. The highest BCUT2D eigenvalue weighted by atomic mass is 19.1. The normalized spacial score (nSPS) is 16.7. The van der Waals surface area contributed by atoms with Gasteiger partial charge >= 0.3 is 6.03 Å². The van der Waals surface area contributed by atoms with Crippen LogP contribution < -0.4 is 10.6 Å². The number of halogens is 1. The van der Waals surface area contributed by atoms with Crippen LogP contribution in [0, 0.1) is 5.82 Å². The Hall–Kier alpha value is -2.37. The molecule has 0 bridgehead atoms. The van der Waals surface area contributed by atoms with Gasteiger partial charge in [0, 0.05) is 24.8 Å². The Morgan fingerprint density at radius 3 is 3.17 bits per heavy atom. The minimum atomic E-state index is -0.252. The third-order valence-corrected chi connectivity index (χ3v) is 4.27. The Morgan fingerprint density at radius 2 is 2.35 bits per heavy atom. The lowest BCUT2D eigenvalue weighted by atomic mass is 9.93. The van der Waals surface area contributed by atoms with Crippen LogP contribution in [0.5, 0.6) is 0 Å². The largest absolute Gasteiger partial charge is 0.338 e. The minimum Gasteiger partial charge on any atom is -0.338 e. The number of benzene rings is 1. The zero-order valence-electron chi connectivity index (χ0n) is 13.2. The fourth-order valence-electron chi connectivity index (χ4n) is 3.08. The van der Waals surface area contributed by atoms with Crippen LogP contribution in [0.1, 0.15) is 35.7 Å². The van der Waals surface area contributed by atoms with Gasteiger partial charge < -0.3 is 10.6 Å². The number of hydrogen-bond donors (Lipinski definition) is 2. The van der Waals surface area contributed by atoms with Gasteiger partial charge in [0.15, 0.2) is 0 Å². The van der Waals surface area contributed by atoms with Gasteiger partial charge in [0.1, 0.15) is 5.82 Å². The summed E-state index contributed by atoms with van der Waals surface area (Å²) in [5.74, 6) is -0.252. The second-order valence-electron chi connectivity index (χ2n) is 5.90. The number of hydrogen-bond acceptors (Lipinski definition) is 2. The molecule has 2 aromatic rings. The standard InChI is InChI=1S/C17H21FN4O/c1-22-16-7-3-6-15(14(16)11-20-22)21-17(23)19-9-8-12-4-2-5-13(18)10-12/h2,4-5,10-11,15H,3,6-9H2,1H3,(H2,19,21,23)/t15-/m0/s1. The van der Waals surface area contributed by atoms with Crippen LogP contribution >= 0.6 is 0 Å².